The number of aryl methyl sites for hydroxylation is 1. The minimum absolute atomic E-state index is 0.0257. The van der Waals surface area contributed by atoms with Crippen LogP contribution in [-0.2, 0) is 11.3 Å². The summed E-state index contributed by atoms with van der Waals surface area (Å²) in [5, 5.41) is 3.83. The fourth-order valence-corrected chi connectivity index (χ4v) is 3.22. The van der Waals surface area contributed by atoms with E-state index in [1.54, 1.807) is 12.5 Å². The van der Waals surface area contributed by atoms with Crippen molar-refractivity contribution in [3.8, 4) is 0 Å². The largest absolute Gasteiger partial charge is 0.472 e. The molecule has 3 atom stereocenters. The van der Waals surface area contributed by atoms with Crippen LogP contribution >= 0.6 is 0 Å². The van der Waals surface area contributed by atoms with Crippen molar-refractivity contribution in [2.75, 3.05) is 13.1 Å². The van der Waals surface area contributed by atoms with Crippen molar-refractivity contribution in [3.05, 3.63) is 35.9 Å². The molecule has 2 aliphatic rings. The molecule has 2 aliphatic heterocycles. The lowest BCUT2D eigenvalue weighted by molar-refractivity contribution is 0.0198. The highest BCUT2D eigenvalue weighted by Crippen LogP contribution is 2.40. The van der Waals surface area contributed by atoms with Gasteiger partial charge in [-0.25, -0.2) is 0 Å². The first-order chi connectivity index (χ1) is 9.78. The fraction of sp³-hybridized carbons (Fsp3) is 0.571. The maximum Gasteiger partial charge on any atom is 0.255 e. The van der Waals surface area contributed by atoms with Crippen LogP contribution in [0.2, 0.25) is 0 Å². The van der Waals surface area contributed by atoms with Gasteiger partial charge in [0.25, 0.3) is 5.89 Å². The molecule has 2 fully saturated rings. The first-order valence-corrected chi connectivity index (χ1v) is 6.97. The van der Waals surface area contributed by atoms with Crippen LogP contribution in [0.1, 0.15) is 29.8 Å². The van der Waals surface area contributed by atoms with Crippen molar-refractivity contribution in [3.63, 3.8) is 0 Å². The second kappa shape index (κ2) is 4.71. The summed E-state index contributed by atoms with van der Waals surface area (Å²) in [4.78, 5) is 6.68. The van der Waals surface area contributed by atoms with E-state index in [0.717, 1.165) is 26.1 Å². The molecule has 6 nitrogen and oxygen atoms in total. The second-order valence-electron chi connectivity index (χ2n) is 5.66. The van der Waals surface area contributed by atoms with Gasteiger partial charge in [-0.1, -0.05) is 5.16 Å². The molecule has 0 saturated carbocycles. The van der Waals surface area contributed by atoms with Crippen molar-refractivity contribution in [1.82, 2.24) is 15.0 Å². The second-order valence-corrected chi connectivity index (χ2v) is 5.66. The highest BCUT2D eigenvalue weighted by Gasteiger charge is 2.44. The van der Waals surface area contributed by atoms with Crippen molar-refractivity contribution < 1.29 is 13.7 Å². The normalized spacial score (nSPS) is 29.9. The molecule has 0 radical (unpaired) electrons. The lowest BCUT2D eigenvalue weighted by Gasteiger charge is -2.16. The topological polar surface area (TPSA) is 64.5 Å². The zero-order valence-corrected chi connectivity index (χ0v) is 11.4. The smallest absolute Gasteiger partial charge is 0.255 e. The number of furan rings is 1. The van der Waals surface area contributed by atoms with E-state index in [1.807, 2.05) is 13.0 Å². The summed E-state index contributed by atoms with van der Waals surface area (Å²) >= 11 is 0. The van der Waals surface area contributed by atoms with E-state index in [1.165, 1.54) is 5.56 Å². The summed E-state index contributed by atoms with van der Waals surface area (Å²) < 4.78 is 16.4. The molecular weight excluding hydrogens is 258 g/mol. The van der Waals surface area contributed by atoms with E-state index >= 15 is 0 Å². The Kier molecular flexibility index (Phi) is 2.85. The average molecular weight is 275 g/mol. The molecule has 0 bridgehead atoms. The number of aromatic nitrogens is 2. The molecule has 0 spiro atoms. The van der Waals surface area contributed by atoms with Crippen LogP contribution in [0.25, 0.3) is 0 Å². The number of likely N-dealkylation sites (tertiary alicyclic amines) is 1. The van der Waals surface area contributed by atoms with Crippen LogP contribution in [0, 0.1) is 12.8 Å². The zero-order valence-electron chi connectivity index (χ0n) is 11.4. The Morgan fingerprint density at radius 3 is 3.05 bits per heavy atom. The molecule has 4 heterocycles. The zero-order chi connectivity index (χ0) is 13.5. The van der Waals surface area contributed by atoms with Crippen molar-refractivity contribution >= 4 is 0 Å². The van der Waals surface area contributed by atoms with Gasteiger partial charge in [-0.3, -0.25) is 4.90 Å². The van der Waals surface area contributed by atoms with E-state index in [-0.39, 0.29) is 12.2 Å². The maximum atomic E-state index is 6.07. The van der Waals surface area contributed by atoms with Crippen LogP contribution in [0.4, 0.5) is 0 Å². The highest BCUT2D eigenvalue weighted by atomic mass is 16.5. The van der Waals surface area contributed by atoms with Gasteiger partial charge < -0.3 is 13.7 Å². The third-order valence-electron chi connectivity index (χ3n) is 4.12. The van der Waals surface area contributed by atoms with Gasteiger partial charge in [-0.2, -0.15) is 4.98 Å². The summed E-state index contributed by atoms with van der Waals surface area (Å²) in [7, 11) is 0. The Morgan fingerprint density at radius 2 is 2.35 bits per heavy atom. The number of nitrogens with zero attached hydrogens (tertiary/aromatic N) is 3. The van der Waals surface area contributed by atoms with Crippen LogP contribution in [0.15, 0.2) is 27.5 Å². The summed E-state index contributed by atoms with van der Waals surface area (Å²) in [6, 6.07) is 2.01. The summed E-state index contributed by atoms with van der Waals surface area (Å²) in [5.74, 6) is 1.85. The van der Waals surface area contributed by atoms with Gasteiger partial charge in [-0.05, 0) is 19.4 Å². The first kappa shape index (κ1) is 12.1. The molecule has 2 aromatic heterocycles. The first-order valence-electron chi connectivity index (χ1n) is 6.97. The van der Waals surface area contributed by atoms with Crippen molar-refractivity contribution in [2.45, 2.75) is 32.1 Å². The molecule has 0 aromatic carbocycles. The van der Waals surface area contributed by atoms with Gasteiger partial charge in [0.05, 0.1) is 18.6 Å². The molecule has 106 valence electrons. The number of fused-ring (bicyclic) bond motifs is 1. The minimum Gasteiger partial charge on any atom is -0.472 e. The number of hydrogen-bond acceptors (Lipinski definition) is 6. The molecule has 2 saturated heterocycles. The summed E-state index contributed by atoms with van der Waals surface area (Å²) in [5.41, 5.74) is 1.22. The predicted molar refractivity (Wildman–Crippen MR) is 68.7 cm³/mol. The van der Waals surface area contributed by atoms with Gasteiger partial charge in [0.1, 0.15) is 6.10 Å². The van der Waals surface area contributed by atoms with Crippen LogP contribution in [-0.4, -0.2) is 34.2 Å². The van der Waals surface area contributed by atoms with E-state index in [9.17, 15) is 0 Å². The molecule has 6 heteroatoms. The standard InChI is InChI=1S/C14H17N3O3/c1-9-15-14(20-16-9)12-4-11-6-17(7-13(11)19-12)5-10-2-3-18-8-10/h2-3,8,11-13H,4-7H2,1H3/t11-,12-,13+/m0/s1. The molecule has 0 unspecified atom stereocenters. The Balaban J connectivity index is 1.38. The van der Waals surface area contributed by atoms with Crippen LogP contribution in [0.5, 0.6) is 0 Å². The van der Waals surface area contributed by atoms with E-state index in [4.69, 9.17) is 13.7 Å². The van der Waals surface area contributed by atoms with E-state index in [2.05, 4.69) is 15.0 Å². The van der Waals surface area contributed by atoms with Gasteiger partial charge >= 0.3 is 0 Å². The summed E-state index contributed by atoms with van der Waals surface area (Å²) in [6.45, 7) is 4.77. The monoisotopic (exact) mass is 275 g/mol. The molecular formula is C14H17N3O3. The Morgan fingerprint density at radius 1 is 1.40 bits per heavy atom. The summed E-state index contributed by atoms with van der Waals surface area (Å²) in [6.07, 6.45) is 4.74. The average Bonchev–Trinajstić information content (AvgIpc) is 3.12. The Labute approximate surface area is 116 Å². The van der Waals surface area contributed by atoms with Crippen molar-refractivity contribution in [2.24, 2.45) is 5.92 Å². The molecule has 2 aromatic rings. The lowest BCUT2D eigenvalue weighted by Crippen LogP contribution is -2.23. The van der Waals surface area contributed by atoms with Crippen LogP contribution in [0.3, 0.4) is 0 Å². The predicted octanol–water partition coefficient (Wildman–Crippen LogP) is 1.93. The Hall–Kier alpha value is -1.66. The fourth-order valence-electron chi connectivity index (χ4n) is 3.22. The van der Waals surface area contributed by atoms with Crippen molar-refractivity contribution in [1.29, 1.82) is 0 Å². The number of ether oxygens (including phenoxy) is 1. The van der Waals surface area contributed by atoms with Gasteiger partial charge in [0, 0.05) is 31.1 Å². The highest BCUT2D eigenvalue weighted by molar-refractivity contribution is 5.07. The third kappa shape index (κ3) is 2.14. The molecule has 0 aliphatic carbocycles. The Bertz CT molecular complexity index is 566. The third-order valence-corrected chi connectivity index (χ3v) is 4.12. The van der Waals surface area contributed by atoms with Crippen LogP contribution < -0.4 is 0 Å². The number of hydrogen-bond donors (Lipinski definition) is 0. The van der Waals surface area contributed by atoms with E-state index in [0.29, 0.717) is 17.6 Å². The molecule has 4 rings (SSSR count). The SMILES string of the molecule is Cc1noc([C@@H]2C[C@H]3CN(Cc4ccoc4)C[C@H]3O2)n1. The quantitative estimate of drug-likeness (QED) is 0.853. The molecule has 0 N–H and O–H groups in total. The van der Waals surface area contributed by atoms with Gasteiger partial charge in [0.2, 0.25) is 0 Å². The minimum atomic E-state index is -0.0257. The molecule has 0 amide bonds. The lowest BCUT2D eigenvalue weighted by atomic mass is 10.0. The molecule has 20 heavy (non-hydrogen) atoms. The maximum absolute atomic E-state index is 6.07. The van der Waals surface area contributed by atoms with E-state index < -0.39 is 0 Å². The van der Waals surface area contributed by atoms with Gasteiger partial charge in [0.15, 0.2) is 5.82 Å². The number of rotatable bonds is 3. The van der Waals surface area contributed by atoms with Gasteiger partial charge in [-0.15, -0.1) is 0 Å².